The SMILES string of the molecule is COc1cccc([C@@H](NC(=O)c2ccc(F)c(F)c2)c2nccn2C)c1. The van der Waals surface area contributed by atoms with E-state index in [1.165, 1.54) is 6.07 Å². The van der Waals surface area contributed by atoms with Gasteiger partial charge in [-0.05, 0) is 35.9 Å². The van der Waals surface area contributed by atoms with Crippen molar-refractivity contribution in [2.75, 3.05) is 7.11 Å². The molecule has 134 valence electrons. The minimum Gasteiger partial charge on any atom is -0.497 e. The van der Waals surface area contributed by atoms with Gasteiger partial charge in [-0.1, -0.05) is 12.1 Å². The lowest BCUT2D eigenvalue weighted by atomic mass is 10.0. The van der Waals surface area contributed by atoms with Gasteiger partial charge in [0.15, 0.2) is 11.6 Å². The van der Waals surface area contributed by atoms with E-state index in [0.717, 1.165) is 17.7 Å². The zero-order valence-electron chi connectivity index (χ0n) is 14.2. The third-order valence-electron chi connectivity index (χ3n) is 4.00. The smallest absolute Gasteiger partial charge is 0.252 e. The van der Waals surface area contributed by atoms with E-state index in [0.29, 0.717) is 11.6 Å². The number of nitrogens with zero attached hydrogens (tertiary/aromatic N) is 2. The molecule has 1 N–H and O–H groups in total. The Morgan fingerprint density at radius 3 is 2.65 bits per heavy atom. The van der Waals surface area contributed by atoms with Gasteiger partial charge in [-0.3, -0.25) is 4.79 Å². The predicted octanol–water partition coefficient (Wildman–Crippen LogP) is 3.23. The second-order valence-corrected chi connectivity index (χ2v) is 5.71. The van der Waals surface area contributed by atoms with Gasteiger partial charge < -0.3 is 14.6 Å². The molecule has 0 aliphatic rings. The Labute approximate surface area is 149 Å². The number of benzene rings is 2. The van der Waals surface area contributed by atoms with Crippen LogP contribution in [0.4, 0.5) is 8.78 Å². The summed E-state index contributed by atoms with van der Waals surface area (Å²) < 4.78 is 33.6. The highest BCUT2D eigenvalue weighted by Gasteiger charge is 2.22. The van der Waals surface area contributed by atoms with Crippen molar-refractivity contribution in [2.45, 2.75) is 6.04 Å². The number of carbonyl (C=O) groups is 1. The predicted molar refractivity (Wildman–Crippen MR) is 91.9 cm³/mol. The summed E-state index contributed by atoms with van der Waals surface area (Å²) in [6.45, 7) is 0. The molecule has 1 atom stereocenters. The largest absolute Gasteiger partial charge is 0.497 e. The number of rotatable bonds is 5. The average molecular weight is 357 g/mol. The maximum atomic E-state index is 13.4. The number of halogens is 2. The van der Waals surface area contributed by atoms with Crippen LogP contribution in [0.5, 0.6) is 5.75 Å². The molecule has 0 aliphatic heterocycles. The van der Waals surface area contributed by atoms with Crippen LogP contribution in [0.15, 0.2) is 54.9 Å². The molecule has 2 aromatic carbocycles. The number of aryl methyl sites for hydroxylation is 1. The minimum atomic E-state index is -1.08. The zero-order valence-corrected chi connectivity index (χ0v) is 14.2. The van der Waals surface area contributed by atoms with Crippen molar-refractivity contribution in [1.82, 2.24) is 14.9 Å². The summed E-state index contributed by atoms with van der Waals surface area (Å²) in [5, 5.41) is 2.82. The van der Waals surface area contributed by atoms with Gasteiger partial charge in [-0.25, -0.2) is 13.8 Å². The first-order chi connectivity index (χ1) is 12.5. The molecule has 26 heavy (non-hydrogen) atoms. The third-order valence-corrected chi connectivity index (χ3v) is 4.00. The maximum absolute atomic E-state index is 13.4. The van der Waals surface area contributed by atoms with Crippen LogP contribution in [-0.4, -0.2) is 22.6 Å². The quantitative estimate of drug-likeness (QED) is 0.763. The average Bonchev–Trinajstić information content (AvgIpc) is 3.07. The number of amides is 1. The summed E-state index contributed by atoms with van der Waals surface area (Å²) >= 11 is 0. The first-order valence-electron chi connectivity index (χ1n) is 7.86. The topological polar surface area (TPSA) is 56.1 Å². The van der Waals surface area contributed by atoms with Crippen LogP contribution in [-0.2, 0) is 7.05 Å². The number of aromatic nitrogens is 2. The highest BCUT2D eigenvalue weighted by atomic mass is 19.2. The highest BCUT2D eigenvalue weighted by molar-refractivity contribution is 5.94. The van der Waals surface area contributed by atoms with Crippen LogP contribution in [0.2, 0.25) is 0 Å². The van der Waals surface area contributed by atoms with Crippen molar-refractivity contribution >= 4 is 5.91 Å². The first-order valence-corrected chi connectivity index (χ1v) is 7.86. The van der Waals surface area contributed by atoms with Crippen molar-refractivity contribution in [3.63, 3.8) is 0 Å². The molecule has 1 aromatic heterocycles. The van der Waals surface area contributed by atoms with Crippen LogP contribution in [0, 0.1) is 11.6 Å². The Morgan fingerprint density at radius 1 is 1.19 bits per heavy atom. The first kappa shape index (κ1) is 17.6. The highest BCUT2D eigenvalue weighted by Crippen LogP contribution is 2.24. The van der Waals surface area contributed by atoms with Gasteiger partial charge >= 0.3 is 0 Å². The Bertz CT molecular complexity index is 940. The van der Waals surface area contributed by atoms with Crippen molar-refractivity contribution < 1.29 is 18.3 Å². The van der Waals surface area contributed by atoms with E-state index in [2.05, 4.69) is 10.3 Å². The van der Waals surface area contributed by atoms with E-state index >= 15 is 0 Å². The molecule has 0 spiro atoms. The number of ether oxygens (including phenoxy) is 1. The van der Waals surface area contributed by atoms with Gasteiger partial charge in [0.2, 0.25) is 0 Å². The van der Waals surface area contributed by atoms with E-state index in [-0.39, 0.29) is 5.56 Å². The fourth-order valence-corrected chi connectivity index (χ4v) is 2.63. The van der Waals surface area contributed by atoms with Gasteiger partial charge in [0.25, 0.3) is 5.91 Å². The molecule has 0 radical (unpaired) electrons. The molecule has 0 saturated carbocycles. The minimum absolute atomic E-state index is 0.0194. The fourth-order valence-electron chi connectivity index (χ4n) is 2.63. The van der Waals surface area contributed by atoms with Crippen LogP contribution >= 0.6 is 0 Å². The zero-order chi connectivity index (χ0) is 18.7. The summed E-state index contributed by atoms with van der Waals surface area (Å²) in [6, 6.07) is 9.62. The van der Waals surface area contributed by atoms with E-state index < -0.39 is 23.6 Å². The van der Waals surface area contributed by atoms with Crippen LogP contribution in [0.25, 0.3) is 0 Å². The van der Waals surface area contributed by atoms with Gasteiger partial charge in [-0.15, -0.1) is 0 Å². The lowest BCUT2D eigenvalue weighted by Gasteiger charge is -2.20. The van der Waals surface area contributed by atoms with Crippen molar-refractivity contribution in [2.24, 2.45) is 7.05 Å². The van der Waals surface area contributed by atoms with Crippen LogP contribution in [0.1, 0.15) is 27.8 Å². The lowest BCUT2D eigenvalue weighted by Crippen LogP contribution is -2.31. The van der Waals surface area contributed by atoms with Crippen LogP contribution in [0.3, 0.4) is 0 Å². The molecular weight excluding hydrogens is 340 g/mol. The van der Waals surface area contributed by atoms with Crippen molar-refractivity contribution in [1.29, 1.82) is 0 Å². The molecule has 1 heterocycles. The molecule has 0 aliphatic carbocycles. The summed E-state index contributed by atoms with van der Waals surface area (Å²) in [5.41, 5.74) is 0.764. The number of hydrogen-bond acceptors (Lipinski definition) is 3. The second-order valence-electron chi connectivity index (χ2n) is 5.71. The molecule has 3 rings (SSSR count). The number of imidazole rings is 1. The van der Waals surface area contributed by atoms with E-state index in [1.54, 1.807) is 49.3 Å². The molecular formula is C19H17F2N3O2. The third kappa shape index (κ3) is 3.56. The normalized spacial score (nSPS) is 11.8. The van der Waals surface area contributed by atoms with E-state index in [1.807, 2.05) is 6.07 Å². The number of hydrogen-bond donors (Lipinski definition) is 1. The fraction of sp³-hybridized carbons (Fsp3) is 0.158. The van der Waals surface area contributed by atoms with Gasteiger partial charge in [-0.2, -0.15) is 0 Å². The summed E-state index contributed by atoms with van der Waals surface area (Å²) in [4.78, 5) is 16.9. The Balaban J connectivity index is 1.97. The summed E-state index contributed by atoms with van der Waals surface area (Å²) in [6.07, 6.45) is 3.37. The second kappa shape index (κ2) is 7.35. The number of carbonyl (C=O) groups excluding carboxylic acids is 1. The molecule has 0 fully saturated rings. The molecule has 7 heteroatoms. The monoisotopic (exact) mass is 357 g/mol. The van der Waals surface area contributed by atoms with E-state index in [4.69, 9.17) is 4.74 Å². The maximum Gasteiger partial charge on any atom is 0.252 e. The molecule has 3 aromatic rings. The Morgan fingerprint density at radius 2 is 2.00 bits per heavy atom. The van der Waals surface area contributed by atoms with Gasteiger partial charge in [0, 0.05) is 25.0 Å². The Hall–Kier alpha value is -3.22. The molecule has 5 nitrogen and oxygen atoms in total. The van der Waals surface area contributed by atoms with Gasteiger partial charge in [0.1, 0.15) is 17.6 Å². The summed E-state index contributed by atoms with van der Waals surface area (Å²) in [5.74, 6) is -1.40. The molecule has 0 unspecified atom stereocenters. The summed E-state index contributed by atoms with van der Waals surface area (Å²) in [7, 11) is 3.36. The number of methoxy groups -OCH3 is 1. The Kier molecular flexibility index (Phi) is 4.97. The standard InChI is InChI=1S/C19H17F2N3O2/c1-24-9-8-22-18(24)17(12-4-3-5-14(10-12)26-2)23-19(25)13-6-7-15(20)16(21)11-13/h3-11,17H,1-2H3,(H,23,25)/t17-/m1/s1. The van der Waals surface area contributed by atoms with Crippen molar-refractivity contribution in [3.8, 4) is 5.75 Å². The van der Waals surface area contributed by atoms with Crippen molar-refractivity contribution in [3.05, 3.63) is 83.4 Å². The molecule has 0 bridgehead atoms. The molecule has 1 amide bonds. The van der Waals surface area contributed by atoms with Gasteiger partial charge in [0.05, 0.1) is 7.11 Å². The van der Waals surface area contributed by atoms with Crippen LogP contribution < -0.4 is 10.1 Å². The lowest BCUT2D eigenvalue weighted by molar-refractivity contribution is 0.0940. The molecule has 0 saturated heterocycles. The number of nitrogens with one attached hydrogen (secondary N) is 1. The van der Waals surface area contributed by atoms with E-state index in [9.17, 15) is 13.6 Å².